The predicted molar refractivity (Wildman–Crippen MR) is 119 cm³/mol. The van der Waals surface area contributed by atoms with Crippen molar-refractivity contribution in [2.75, 3.05) is 19.6 Å². The van der Waals surface area contributed by atoms with Crippen molar-refractivity contribution in [1.82, 2.24) is 19.6 Å². The molecule has 30 heavy (non-hydrogen) atoms. The first-order chi connectivity index (χ1) is 14.7. The van der Waals surface area contributed by atoms with Gasteiger partial charge in [-0.1, -0.05) is 18.2 Å². The Morgan fingerprint density at radius 1 is 1.27 bits per heavy atom. The lowest BCUT2D eigenvalue weighted by atomic mass is 10.2. The van der Waals surface area contributed by atoms with E-state index in [1.165, 1.54) is 11.1 Å². The Hall–Kier alpha value is -2.68. The number of carbonyl (C=O) groups excluding carboxylic acids is 1. The molecule has 0 spiro atoms. The maximum atomic E-state index is 12.4. The summed E-state index contributed by atoms with van der Waals surface area (Å²) in [6.45, 7) is 2.96. The molecular weight excluding hydrogens is 416 g/mol. The number of carbonyl (C=O) groups is 1. The van der Waals surface area contributed by atoms with Gasteiger partial charge < -0.3 is 10.1 Å². The summed E-state index contributed by atoms with van der Waals surface area (Å²) in [4.78, 5) is 20.1. The van der Waals surface area contributed by atoms with Gasteiger partial charge in [0.05, 0.1) is 12.1 Å². The summed E-state index contributed by atoms with van der Waals surface area (Å²) in [6.07, 6.45) is 4.17. The van der Waals surface area contributed by atoms with Gasteiger partial charge in [0.15, 0.2) is 4.96 Å². The van der Waals surface area contributed by atoms with Crippen LogP contribution in [0.1, 0.15) is 22.9 Å². The molecule has 1 atom stereocenters. The minimum Gasteiger partial charge on any atom is -0.484 e. The Kier molecular flexibility index (Phi) is 5.52. The van der Waals surface area contributed by atoms with Crippen LogP contribution in [-0.4, -0.2) is 39.8 Å². The van der Waals surface area contributed by atoms with Gasteiger partial charge in [-0.15, -0.1) is 11.3 Å². The highest BCUT2D eigenvalue weighted by Crippen LogP contribution is 2.31. The third kappa shape index (κ3) is 4.26. The summed E-state index contributed by atoms with van der Waals surface area (Å²) in [5.74, 6) is 0.946. The topological polar surface area (TPSA) is 58.9 Å². The number of amides is 1. The molecule has 5 rings (SSSR count). The van der Waals surface area contributed by atoms with Crippen molar-refractivity contribution in [3.63, 3.8) is 0 Å². The highest BCUT2D eigenvalue weighted by atomic mass is 32.1. The lowest BCUT2D eigenvalue weighted by Crippen LogP contribution is -2.37. The van der Waals surface area contributed by atoms with Crippen LogP contribution in [0, 0.1) is 0 Å². The molecule has 8 heteroatoms. The van der Waals surface area contributed by atoms with E-state index >= 15 is 0 Å². The van der Waals surface area contributed by atoms with E-state index in [4.69, 9.17) is 4.74 Å². The summed E-state index contributed by atoms with van der Waals surface area (Å²) in [7, 11) is 0. The van der Waals surface area contributed by atoms with Gasteiger partial charge in [0.25, 0.3) is 0 Å². The maximum absolute atomic E-state index is 12.4. The molecule has 4 aromatic rings. The van der Waals surface area contributed by atoms with Gasteiger partial charge in [0.1, 0.15) is 11.9 Å². The average molecular weight is 439 g/mol. The highest BCUT2D eigenvalue weighted by molar-refractivity contribution is 7.15. The zero-order valence-electron chi connectivity index (χ0n) is 16.4. The molecule has 1 aliphatic rings. The third-order valence-corrected chi connectivity index (χ3v) is 6.68. The first-order valence-corrected chi connectivity index (χ1v) is 11.7. The molecule has 3 aromatic heterocycles. The first kappa shape index (κ1) is 19.3. The van der Waals surface area contributed by atoms with Crippen molar-refractivity contribution in [3.05, 3.63) is 75.7 Å². The quantitative estimate of drug-likeness (QED) is 0.498. The van der Waals surface area contributed by atoms with Gasteiger partial charge in [0, 0.05) is 55.1 Å². The van der Waals surface area contributed by atoms with Gasteiger partial charge >= 0.3 is 0 Å². The second-order valence-electron chi connectivity index (χ2n) is 7.36. The molecule has 0 saturated heterocycles. The Morgan fingerprint density at radius 2 is 2.20 bits per heavy atom. The van der Waals surface area contributed by atoms with E-state index in [-0.39, 0.29) is 12.0 Å². The van der Waals surface area contributed by atoms with E-state index in [0.717, 1.165) is 36.0 Å². The fourth-order valence-electron chi connectivity index (χ4n) is 3.72. The Bertz CT molecular complexity index is 1110. The highest BCUT2D eigenvalue weighted by Gasteiger charge is 2.24. The monoisotopic (exact) mass is 438 g/mol. The van der Waals surface area contributed by atoms with Crippen LogP contribution >= 0.6 is 22.7 Å². The van der Waals surface area contributed by atoms with E-state index in [1.54, 1.807) is 22.7 Å². The second-order valence-corrected chi connectivity index (χ2v) is 9.01. The van der Waals surface area contributed by atoms with E-state index in [0.29, 0.717) is 13.0 Å². The molecule has 0 fully saturated rings. The molecule has 1 unspecified atom stereocenters. The smallest absolute Gasteiger partial charge is 0.226 e. The maximum Gasteiger partial charge on any atom is 0.226 e. The Morgan fingerprint density at radius 3 is 3.07 bits per heavy atom. The number of nitrogens with one attached hydrogen (secondary N) is 1. The third-order valence-electron chi connectivity index (χ3n) is 5.21. The fourth-order valence-corrected chi connectivity index (χ4v) is 5.14. The first-order valence-electron chi connectivity index (χ1n) is 9.91. The number of thiazole rings is 1. The molecule has 0 radical (unpaired) electrons. The van der Waals surface area contributed by atoms with Gasteiger partial charge in [0.2, 0.25) is 5.91 Å². The predicted octanol–water partition coefficient (Wildman–Crippen LogP) is 3.75. The molecule has 4 heterocycles. The zero-order chi connectivity index (χ0) is 20.3. The standard InChI is InChI=1S/C22H22N4O2S2/c27-21(11-18-13-26-8-10-30-22(26)24-18)23-6-7-25-12-16-3-1-2-4-19(16)28-20(14-25)17-5-9-29-15-17/h1-5,8-10,13,15,20H,6-7,11-12,14H2,(H,23,27). The van der Waals surface area contributed by atoms with Crippen LogP contribution in [0.25, 0.3) is 4.96 Å². The number of fused-ring (bicyclic) bond motifs is 2. The molecule has 1 N–H and O–H groups in total. The van der Waals surface area contributed by atoms with E-state index in [1.807, 2.05) is 40.4 Å². The molecule has 1 amide bonds. The number of para-hydroxylation sites is 1. The number of aromatic nitrogens is 2. The van der Waals surface area contributed by atoms with Crippen molar-refractivity contribution in [1.29, 1.82) is 0 Å². The minimum absolute atomic E-state index is 0.00149. The van der Waals surface area contributed by atoms with Crippen molar-refractivity contribution in [2.45, 2.75) is 19.1 Å². The van der Waals surface area contributed by atoms with Gasteiger partial charge in [-0.05, 0) is 22.9 Å². The summed E-state index contributed by atoms with van der Waals surface area (Å²) in [5.41, 5.74) is 3.18. The average Bonchev–Trinajstić information content (AvgIpc) is 3.44. The molecule has 0 bridgehead atoms. The van der Waals surface area contributed by atoms with Crippen molar-refractivity contribution in [3.8, 4) is 5.75 Å². The molecule has 6 nitrogen and oxygen atoms in total. The summed E-state index contributed by atoms with van der Waals surface area (Å²) >= 11 is 3.25. The van der Waals surface area contributed by atoms with Gasteiger partial charge in [-0.2, -0.15) is 11.3 Å². The largest absolute Gasteiger partial charge is 0.484 e. The zero-order valence-corrected chi connectivity index (χ0v) is 18.0. The molecule has 0 saturated carbocycles. The van der Waals surface area contributed by atoms with Crippen LogP contribution in [0.5, 0.6) is 5.75 Å². The Balaban J connectivity index is 1.20. The van der Waals surface area contributed by atoms with Crippen molar-refractivity contribution >= 4 is 33.5 Å². The molecular formula is C22H22N4O2S2. The molecule has 1 aromatic carbocycles. The number of imidazole rings is 1. The van der Waals surface area contributed by atoms with Crippen LogP contribution in [0.2, 0.25) is 0 Å². The number of benzene rings is 1. The van der Waals surface area contributed by atoms with Gasteiger partial charge in [-0.25, -0.2) is 4.98 Å². The van der Waals surface area contributed by atoms with Crippen LogP contribution in [0.4, 0.5) is 0 Å². The van der Waals surface area contributed by atoms with Crippen LogP contribution in [0.15, 0.2) is 58.9 Å². The second kappa shape index (κ2) is 8.59. The lowest BCUT2D eigenvalue weighted by Gasteiger charge is -2.23. The molecule has 0 aliphatic carbocycles. The number of nitrogens with zero attached hydrogens (tertiary/aromatic N) is 3. The number of rotatable bonds is 6. The normalized spacial score (nSPS) is 16.7. The number of hydrogen-bond donors (Lipinski definition) is 1. The number of ether oxygens (including phenoxy) is 1. The molecule has 1 aliphatic heterocycles. The van der Waals surface area contributed by atoms with Crippen molar-refractivity contribution < 1.29 is 9.53 Å². The van der Waals surface area contributed by atoms with Crippen LogP contribution in [0.3, 0.4) is 0 Å². The van der Waals surface area contributed by atoms with E-state index in [2.05, 4.69) is 38.1 Å². The number of hydrogen-bond acceptors (Lipinski definition) is 6. The SMILES string of the molecule is O=C(Cc1cn2ccsc2n1)NCCN1Cc2ccccc2OC(c2ccsc2)C1. The minimum atomic E-state index is -0.00548. The van der Waals surface area contributed by atoms with Crippen LogP contribution in [-0.2, 0) is 17.8 Å². The molecule has 154 valence electrons. The van der Waals surface area contributed by atoms with E-state index in [9.17, 15) is 4.79 Å². The fraction of sp³-hybridized carbons (Fsp3) is 0.273. The summed E-state index contributed by atoms with van der Waals surface area (Å²) < 4.78 is 8.28. The van der Waals surface area contributed by atoms with E-state index < -0.39 is 0 Å². The van der Waals surface area contributed by atoms with Crippen molar-refractivity contribution in [2.24, 2.45) is 0 Å². The summed E-state index contributed by atoms with van der Waals surface area (Å²) in [6, 6.07) is 10.3. The van der Waals surface area contributed by atoms with Crippen LogP contribution < -0.4 is 10.1 Å². The summed E-state index contributed by atoms with van der Waals surface area (Å²) in [5, 5.41) is 9.26. The van der Waals surface area contributed by atoms with Gasteiger partial charge in [-0.3, -0.25) is 14.1 Å². The Labute approximate surface area is 182 Å². The lowest BCUT2D eigenvalue weighted by molar-refractivity contribution is -0.120. The number of thiophene rings is 1.